The number of nitrogens with one attached hydrogen (secondary N) is 2. The lowest BCUT2D eigenvalue weighted by Crippen LogP contribution is -2.21. The summed E-state index contributed by atoms with van der Waals surface area (Å²) in [5.41, 5.74) is 10.7. The fourth-order valence-corrected chi connectivity index (χ4v) is 7.79. The van der Waals surface area contributed by atoms with Crippen LogP contribution in [0.5, 0.6) is 11.8 Å². The predicted molar refractivity (Wildman–Crippen MR) is 267 cm³/mol. The zero-order chi connectivity index (χ0) is 47.1. The van der Waals surface area contributed by atoms with Crippen molar-refractivity contribution in [2.45, 2.75) is 13.1 Å². The van der Waals surface area contributed by atoms with Crippen molar-refractivity contribution >= 4 is 56.4 Å². The van der Waals surface area contributed by atoms with Crippen molar-refractivity contribution in [1.82, 2.24) is 29.6 Å². The molecule has 0 aliphatic carbocycles. The molecule has 0 spiro atoms. The Kier molecular flexibility index (Phi) is 14.3. The number of rotatable bonds is 12. The monoisotopic (exact) mass is 880 g/mol. The second kappa shape index (κ2) is 20.4. The summed E-state index contributed by atoms with van der Waals surface area (Å²) < 4.78 is 0. The number of H-pyrrole nitrogens is 2. The summed E-state index contributed by atoms with van der Waals surface area (Å²) in [5.74, 6) is -0.151. The molecule has 0 bridgehead atoms. The Bertz CT molecular complexity index is 2850. The number of carbonyl (C=O) groups is 2. The van der Waals surface area contributed by atoms with Crippen molar-refractivity contribution in [2.75, 3.05) is 56.4 Å². The third-order valence-corrected chi connectivity index (χ3v) is 10.7. The van der Waals surface area contributed by atoms with E-state index >= 15 is 0 Å². The van der Waals surface area contributed by atoms with Crippen molar-refractivity contribution in [3.8, 4) is 11.8 Å². The van der Waals surface area contributed by atoms with Crippen LogP contribution >= 0.6 is 0 Å². The van der Waals surface area contributed by atoms with Gasteiger partial charge in [-0.05, 0) is 87.8 Å². The normalized spacial score (nSPS) is 11.8. The van der Waals surface area contributed by atoms with E-state index in [0.717, 1.165) is 57.5 Å². The van der Waals surface area contributed by atoms with Crippen LogP contribution in [0.25, 0.3) is 21.8 Å². The van der Waals surface area contributed by atoms with E-state index in [4.69, 9.17) is 9.98 Å². The van der Waals surface area contributed by atoms with E-state index in [1.165, 1.54) is 9.80 Å². The number of hydrogen-bond donors (Lipinski definition) is 4. The molecule has 8 rings (SSSR count). The molecule has 0 unspecified atom stereocenters. The minimum Gasteiger partial charge on any atom is -0.494 e. The number of hydrogen-bond acceptors (Lipinski definition) is 8. The van der Waals surface area contributed by atoms with Crippen LogP contribution in [0.2, 0.25) is 0 Å². The summed E-state index contributed by atoms with van der Waals surface area (Å²) in [5, 5.41) is 23.4. The third-order valence-electron chi connectivity index (χ3n) is 10.7. The van der Waals surface area contributed by atoms with E-state index in [0.29, 0.717) is 44.7 Å². The predicted octanol–water partition coefficient (Wildman–Crippen LogP) is 9.61. The molecule has 0 aliphatic rings. The van der Waals surface area contributed by atoms with Crippen molar-refractivity contribution in [3.63, 3.8) is 0 Å². The summed E-state index contributed by atoms with van der Waals surface area (Å²) in [6.07, 6.45) is 0. The molecular weight excluding hydrogens is 825 g/mol. The van der Waals surface area contributed by atoms with Gasteiger partial charge in [0, 0.05) is 85.3 Å². The van der Waals surface area contributed by atoms with Gasteiger partial charge in [0.15, 0.2) is 11.8 Å². The molecule has 0 radical (unpaired) electrons. The number of fused-ring (bicyclic) bond motifs is 2. The van der Waals surface area contributed by atoms with Crippen LogP contribution in [-0.2, 0) is 13.1 Å². The molecule has 0 saturated carbocycles. The molecule has 4 N–H and O–H groups in total. The first-order chi connectivity index (χ1) is 31.7. The molecule has 0 saturated heterocycles. The summed E-state index contributed by atoms with van der Waals surface area (Å²) in [7, 11) is 15.0. The van der Waals surface area contributed by atoms with Gasteiger partial charge in [0.05, 0.1) is 33.9 Å². The lowest BCUT2D eigenvalue weighted by molar-refractivity contribution is 0.0820. The van der Waals surface area contributed by atoms with Crippen LogP contribution in [0, 0.1) is 0 Å². The highest BCUT2D eigenvalue weighted by Gasteiger charge is 2.22. The zero-order valence-corrected chi connectivity index (χ0v) is 38.7. The average Bonchev–Trinajstić information content (AvgIpc) is 3.80. The molecule has 2 amide bonds. The molecule has 336 valence electrons. The number of benzene rings is 6. The first kappa shape index (κ1) is 46.2. The van der Waals surface area contributed by atoms with Gasteiger partial charge in [-0.15, -0.1) is 0 Å². The van der Waals surface area contributed by atoms with E-state index in [-0.39, 0.29) is 23.6 Å². The summed E-state index contributed by atoms with van der Waals surface area (Å²) in [6, 6.07) is 46.6. The van der Waals surface area contributed by atoms with Crippen LogP contribution in [0.4, 0.5) is 11.4 Å². The molecule has 12 nitrogen and oxygen atoms in total. The Morgan fingerprint density at radius 1 is 0.455 bits per heavy atom. The molecular formula is C54H56N8O4. The minimum atomic E-state index is -0.0952. The van der Waals surface area contributed by atoms with Gasteiger partial charge in [-0.2, -0.15) is 0 Å². The first-order valence-corrected chi connectivity index (χ1v) is 21.6. The molecule has 8 aromatic rings. The Morgan fingerprint density at radius 2 is 0.833 bits per heavy atom. The maximum atomic E-state index is 12.4. The van der Waals surface area contributed by atoms with Crippen molar-refractivity contribution in [2.24, 2.45) is 9.98 Å². The van der Waals surface area contributed by atoms with E-state index in [2.05, 4.69) is 44.0 Å². The third kappa shape index (κ3) is 10.8. The molecule has 0 atom stereocenters. The number of aromatic amines is 2. The van der Waals surface area contributed by atoms with Gasteiger partial charge >= 0.3 is 0 Å². The number of nitrogens with zero attached hydrogens (tertiary/aromatic N) is 6. The van der Waals surface area contributed by atoms with Gasteiger partial charge in [0.1, 0.15) is 0 Å². The zero-order valence-electron chi connectivity index (χ0n) is 38.7. The standard InChI is InChI=1S/2C27H28N4O2/c2*1-30(2)17-18-9-8-12-21(15-18)28-25(19-10-6-5-7-11-19)24-22-14-13-20(27(33)31(3)4)16-23(22)29-26(24)32/h2*5-16,29,32H,17H2,1-4H3. The molecule has 0 fully saturated rings. The second-order valence-electron chi connectivity index (χ2n) is 17.1. The molecule has 6 aromatic carbocycles. The van der Waals surface area contributed by atoms with E-state index in [1.54, 1.807) is 52.5 Å². The fourth-order valence-electron chi connectivity index (χ4n) is 7.79. The topological polar surface area (TPSA) is 144 Å². The lowest BCUT2D eigenvalue weighted by atomic mass is 10.00. The van der Waals surface area contributed by atoms with Gasteiger partial charge in [0.2, 0.25) is 0 Å². The first-order valence-electron chi connectivity index (χ1n) is 21.6. The van der Waals surface area contributed by atoms with Crippen molar-refractivity contribution in [1.29, 1.82) is 0 Å². The Morgan fingerprint density at radius 3 is 1.18 bits per heavy atom. The summed E-state index contributed by atoms with van der Waals surface area (Å²) >= 11 is 0. The largest absolute Gasteiger partial charge is 0.494 e. The van der Waals surface area contributed by atoms with E-state index < -0.39 is 0 Å². The van der Waals surface area contributed by atoms with Gasteiger partial charge in [0.25, 0.3) is 11.8 Å². The van der Waals surface area contributed by atoms with E-state index in [9.17, 15) is 19.8 Å². The van der Waals surface area contributed by atoms with Crippen LogP contribution in [-0.4, -0.2) is 119 Å². The van der Waals surface area contributed by atoms with Gasteiger partial charge in [-0.25, -0.2) is 9.98 Å². The van der Waals surface area contributed by atoms with Crippen LogP contribution in [0.1, 0.15) is 54.1 Å². The minimum absolute atomic E-state index is 0.0199. The number of aromatic nitrogens is 2. The number of aromatic hydroxyl groups is 2. The van der Waals surface area contributed by atoms with Gasteiger partial charge in [-0.3, -0.25) is 9.59 Å². The molecule has 2 heterocycles. The van der Waals surface area contributed by atoms with Crippen molar-refractivity contribution < 1.29 is 19.8 Å². The Labute approximate surface area is 385 Å². The Hall–Kier alpha value is -7.80. The molecule has 2 aromatic heterocycles. The Balaban J connectivity index is 0.000000196. The highest BCUT2D eigenvalue weighted by molar-refractivity contribution is 6.23. The highest BCUT2D eigenvalue weighted by atomic mass is 16.3. The second-order valence-corrected chi connectivity index (χ2v) is 17.1. The maximum Gasteiger partial charge on any atom is 0.253 e. The molecule has 12 heteroatoms. The molecule has 66 heavy (non-hydrogen) atoms. The summed E-state index contributed by atoms with van der Waals surface area (Å²) in [6.45, 7) is 1.62. The summed E-state index contributed by atoms with van der Waals surface area (Å²) in [4.78, 5) is 48.1. The number of aliphatic imine (C=N–C) groups is 2. The lowest BCUT2D eigenvalue weighted by Gasteiger charge is -2.11. The SMILES string of the molecule is CN(C)Cc1cccc(N=C(c2ccccc2)c2c(O)[nH]c3cc(C(=O)N(C)C)ccc23)c1.CN(C)Cc1cccc(N=C(c2ccccc2)c2c(O)[nH]c3cc(C(=O)N(C)C)ccc23)c1. The maximum absolute atomic E-state index is 12.4. The van der Waals surface area contributed by atoms with Crippen molar-refractivity contribution in [3.05, 3.63) is 190 Å². The van der Waals surface area contributed by atoms with Crippen LogP contribution in [0.3, 0.4) is 0 Å². The van der Waals surface area contributed by atoms with Crippen LogP contribution in [0.15, 0.2) is 156 Å². The number of amides is 2. The van der Waals surface area contributed by atoms with Crippen LogP contribution < -0.4 is 0 Å². The average molecular weight is 881 g/mol. The highest BCUT2D eigenvalue weighted by Crippen LogP contribution is 2.34. The molecule has 0 aliphatic heterocycles. The number of carbonyl (C=O) groups excluding carboxylic acids is 2. The smallest absolute Gasteiger partial charge is 0.253 e. The van der Waals surface area contributed by atoms with Gasteiger partial charge < -0.3 is 39.8 Å². The fraction of sp³-hybridized carbons (Fsp3) is 0.185. The van der Waals surface area contributed by atoms with Gasteiger partial charge in [-0.1, -0.05) is 97.1 Å². The van der Waals surface area contributed by atoms with E-state index in [1.807, 2.05) is 125 Å². The quantitative estimate of drug-likeness (QED) is 0.0901.